The van der Waals surface area contributed by atoms with Gasteiger partial charge >= 0.3 is 0 Å². The number of fused-ring (bicyclic) bond motifs is 1. The van der Waals surface area contributed by atoms with Crippen LogP contribution in [0, 0.1) is 0 Å². The molecule has 0 radical (unpaired) electrons. The molecule has 1 N–H and O–H groups in total. The molecule has 0 spiro atoms. The lowest BCUT2D eigenvalue weighted by Crippen LogP contribution is -2.28. The largest absolute Gasteiger partial charge is 0.353 e. The van der Waals surface area contributed by atoms with Crippen molar-refractivity contribution in [3.05, 3.63) is 47.0 Å². The third kappa shape index (κ3) is 2.80. The van der Waals surface area contributed by atoms with Crippen LogP contribution in [0.25, 0.3) is 22.4 Å². The highest BCUT2D eigenvalue weighted by atomic mass is 16.5. The summed E-state index contributed by atoms with van der Waals surface area (Å²) in [5.41, 5.74) is 1.22. The summed E-state index contributed by atoms with van der Waals surface area (Å²) in [6, 6.07) is 9.66. The monoisotopic (exact) mass is 324 g/mol. The lowest BCUT2D eigenvalue weighted by Gasteiger charge is -2.05. The lowest BCUT2D eigenvalue weighted by atomic mass is 10.1. The van der Waals surface area contributed by atoms with Crippen LogP contribution < -0.4 is 10.9 Å². The molecule has 24 heavy (non-hydrogen) atoms. The van der Waals surface area contributed by atoms with Gasteiger partial charge in [0.1, 0.15) is 17.4 Å². The Balaban J connectivity index is 1.64. The van der Waals surface area contributed by atoms with Gasteiger partial charge in [-0.25, -0.2) is 4.98 Å². The summed E-state index contributed by atoms with van der Waals surface area (Å²) in [4.78, 5) is 28.7. The average Bonchev–Trinajstić information content (AvgIpc) is 3.30. The van der Waals surface area contributed by atoms with E-state index in [1.165, 1.54) is 10.9 Å². The third-order valence-electron chi connectivity index (χ3n) is 4.03. The van der Waals surface area contributed by atoms with Gasteiger partial charge < -0.3 is 9.84 Å². The zero-order valence-electron chi connectivity index (χ0n) is 12.9. The first-order valence-corrected chi connectivity index (χ1v) is 7.92. The van der Waals surface area contributed by atoms with Crippen molar-refractivity contribution < 1.29 is 9.32 Å². The van der Waals surface area contributed by atoms with Gasteiger partial charge in [0.15, 0.2) is 0 Å². The highest BCUT2D eigenvalue weighted by Crippen LogP contribution is 2.23. The van der Waals surface area contributed by atoms with Crippen LogP contribution in [0.15, 0.2) is 46.0 Å². The Morgan fingerprint density at radius 2 is 2.08 bits per heavy atom. The van der Waals surface area contributed by atoms with Gasteiger partial charge in [-0.2, -0.15) is 0 Å². The molecule has 122 valence electrons. The molecule has 1 amide bonds. The van der Waals surface area contributed by atoms with E-state index >= 15 is 0 Å². The van der Waals surface area contributed by atoms with E-state index in [0.29, 0.717) is 17.1 Å². The van der Waals surface area contributed by atoms with Crippen LogP contribution in [0.3, 0.4) is 0 Å². The van der Waals surface area contributed by atoms with Crippen molar-refractivity contribution in [3.8, 4) is 11.3 Å². The molecule has 3 aromatic rings. The number of carbonyl (C=O) groups excluding carboxylic acids is 1. The first kappa shape index (κ1) is 14.6. The zero-order valence-corrected chi connectivity index (χ0v) is 12.9. The van der Waals surface area contributed by atoms with Gasteiger partial charge in [0.05, 0.1) is 0 Å². The molecule has 0 atom stereocenters. The first-order valence-electron chi connectivity index (χ1n) is 7.92. The number of carbonyl (C=O) groups is 1. The Morgan fingerprint density at radius 1 is 1.29 bits per heavy atom. The van der Waals surface area contributed by atoms with E-state index in [-0.39, 0.29) is 30.1 Å². The zero-order chi connectivity index (χ0) is 16.5. The molecule has 0 saturated heterocycles. The highest BCUT2D eigenvalue weighted by Gasteiger charge is 2.23. The van der Waals surface area contributed by atoms with E-state index in [2.05, 4.69) is 15.5 Å². The Kier molecular flexibility index (Phi) is 3.60. The highest BCUT2D eigenvalue weighted by molar-refractivity contribution is 5.88. The minimum absolute atomic E-state index is 0.0434. The molecule has 2 heterocycles. The quantitative estimate of drug-likeness (QED) is 0.772. The van der Waals surface area contributed by atoms with Crippen molar-refractivity contribution in [3.63, 3.8) is 0 Å². The maximum Gasteiger partial charge on any atom is 0.266 e. The Labute approximate surface area is 137 Å². The lowest BCUT2D eigenvalue weighted by molar-refractivity contribution is -0.121. The second-order valence-electron chi connectivity index (χ2n) is 5.91. The van der Waals surface area contributed by atoms with Gasteiger partial charge in [-0.05, 0) is 12.8 Å². The summed E-state index contributed by atoms with van der Waals surface area (Å²) in [5, 5.41) is 7.23. The number of nitrogens with zero attached hydrogens (tertiary/aromatic N) is 3. The Bertz CT molecular complexity index is 941. The number of aromatic nitrogens is 3. The summed E-state index contributed by atoms with van der Waals surface area (Å²) >= 11 is 0. The van der Waals surface area contributed by atoms with Crippen LogP contribution in [0.2, 0.25) is 0 Å². The van der Waals surface area contributed by atoms with Gasteiger partial charge in [0, 0.05) is 24.6 Å². The standard InChI is InChI=1S/C17H16N4O3/c22-13(19-12-6-7-12)8-9-21-10-18-16-14(17(21)23)15(20-24-16)11-4-2-1-3-5-11/h1-5,10,12H,6-9H2,(H,19,22). The van der Waals surface area contributed by atoms with Crippen LogP contribution in [0.4, 0.5) is 0 Å². The van der Waals surface area contributed by atoms with Crippen molar-refractivity contribution in [2.24, 2.45) is 0 Å². The van der Waals surface area contributed by atoms with Gasteiger partial charge in [0.25, 0.3) is 11.3 Å². The number of rotatable bonds is 5. The van der Waals surface area contributed by atoms with E-state index in [1.807, 2.05) is 30.3 Å². The number of aryl methyl sites for hydroxylation is 1. The van der Waals surface area contributed by atoms with Crippen molar-refractivity contribution in [2.75, 3.05) is 0 Å². The predicted molar refractivity (Wildman–Crippen MR) is 87.3 cm³/mol. The predicted octanol–water partition coefficient (Wildman–Crippen LogP) is 1.72. The minimum atomic E-state index is -0.251. The molecule has 7 nitrogen and oxygen atoms in total. The van der Waals surface area contributed by atoms with Crippen molar-refractivity contribution >= 4 is 17.0 Å². The fourth-order valence-electron chi connectivity index (χ4n) is 2.58. The van der Waals surface area contributed by atoms with Crippen molar-refractivity contribution in [1.82, 2.24) is 20.0 Å². The van der Waals surface area contributed by atoms with E-state index in [4.69, 9.17) is 4.52 Å². The SMILES string of the molecule is O=C(CCn1cnc2onc(-c3ccccc3)c2c1=O)NC1CC1. The molecule has 7 heteroatoms. The van der Waals surface area contributed by atoms with Gasteiger partial charge in [-0.1, -0.05) is 35.5 Å². The third-order valence-corrected chi connectivity index (χ3v) is 4.03. The normalized spacial score (nSPS) is 14.0. The van der Waals surface area contributed by atoms with E-state index in [1.54, 1.807) is 0 Å². The molecule has 1 aliphatic carbocycles. The summed E-state index contributed by atoms with van der Waals surface area (Å²) < 4.78 is 6.60. The Morgan fingerprint density at radius 3 is 2.83 bits per heavy atom. The van der Waals surface area contributed by atoms with Crippen molar-refractivity contribution in [1.29, 1.82) is 0 Å². The number of hydrogen-bond acceptors (Lipinski definition) is 5. The Hall–Kier alpha value is -2.96. The number of amides is 1. The van der Waals surface area contributed by atoms with Crippen molar-refractivity contribution in [2.45, 2.75) is 31.8 Å². The number of nitrogens with one attached hydrogen (secondary N) is 1. The van der Waals surface area contributed by atoms with Gasteiger partial charge in [-0.3, -0.25) is 14.2 Å². The molecular weight excluding hydrogens is 308 g/mol. The fourth-order valence-corrected chi connectivity index (χ4v) is 2.58. The van der Waals surface area contributed by atoms with Crippen LogP contribution in [0.1, 0.15) is 19.3 Å². The summed E-state index contributed by atoms with van der Waals surface area (Å²) in [7, 11) is 0. The summed E-state index contributed by atoms with van der Waals surface area (Å²) in [6.07, 6.45) is 3.73. The maximum atomic E-state index is 12.7. The maximum absolute atomic E-state index is 12.7. The number of benzene rings is 1. The molecule has 1 aromatic carbocycles. The summed E-state index contributed by atoms with van der Waals surface area (Å²) in [5.74, 6) is -0.0434. The molecule has 1 saturated carbocycles. The average molecular weight is 324 g/mol. The van der Waals surface area contributed by atoms with Gasteiger partial charge in [0.2, 0.25) is 5.91 Å². The second-order valence-corrected chi connectivity index (χ2v) is 5.91. The molecule has 0 aliphatic heterocycles. The van der Waals surface area contributed by atoms with Crippen LogP contribution in [-0.2, 0) is 11.3 Å². The topological polar surface area (TPSA) is 90.0 Å². The number of hydrogen-bond donors (Lipinski definition) is 1. The molecule has 0 unspecified atom stereocenters. The summed E-state index contributed by atoms with van der Waals surface area (Å²) in [6.45, 7) is 0.278. The minimum Gasteiger partial charge on any atom is -0.353 e. The van der Waals surface area contributed by atoms with E-state index < -0.39 is 0 Å². The fraction of sp³-hybridized carbons (Fsp3) is 0.294. The molecule has 2 aromatic heterocycles. The second kappa shape index (κ2) is 5.92. The molecule has 1 fully saturated rings. The molecule has 4 rings (SSSR count). The van der Waals surface area contributed by atoms with Crippen LogP contribution in [-0.4, -0.2) is 26.7 Å². The van der Waals surface area contributed by atoms with E-state index in [9.17, 15) is 9.59 Å². The van der Waals surface area contributed by atoms with E-state index in [0.717, 1.165) is 18.4 Å². The molecule has 1 aliphatic rings. The smallest absolute Gasteiger partial charge is 0.266 e. The first-order chi connectivity index (χ1) is 11.7. The molecule has 0 bridgehead atoms. The van der Waals surface area contributed by atoms with Gasteiger partial charge in [-0.15, -0.1) is 0 Å². The van der Waals surface area contributed by atoms with Crippen LogP contribution in [0.5, 0.6) is 0 Å². The molecular formula is C17H16N4O3. The van der Waals surface area contributed by atoms with Crippen LogP contribution >= 0.6 is 0 Å².